The van der Waals surface area contributed by atoms with Crippen molar-refractivity contribution in [1.29, 1.82) is 0 Å². The van der Waals surface area contributed by atoms with Crippen LogP contribution in [0.5, 0.6) is 0 Å². The first-order valence-electron chi connectivity index (χ1n) is 8.42. The van der Waals surface area contributed by atoms with Gasteiger partial charge in [-0.05, 0) is 19.1 Å². The highest BCUT2D eigenvalue weighted by atomic mass is 16.6. The van der Waals surface area contributed by atoms with Gasteiger partial charge in [0.05, 0.1) is 12.0 Å². The minimum Gasteiger partial charge on any atom is -0.467 e. The Morgan fingerprint density at radius 2 is 1.85 bits per heavy atom. The summed E-state index contributed by atoms with van der Waals surface area (Å²) in [5, 5.41) is 13.7. The minimum absolute atomic E-state index is 0.00443. The quantitative estimate of drug-likeness (QED) is 0.451. The number of nitrogens with one attached hydrogen (secondary N) is 1. The fourth-order valence-corrected chi connectivity index (χ4v) is 2.85. The number of carbonyl (C=O) groups is 3. The van der Waals surface area contributed by atoms with Gasteiger partial charge in [-0.25, -0.2) is 4.79 Å². The van der Waals surface area contributed by atoms with Gasteiger partial charge in [0.1, 0.15) is 11.6 Å². The average Bonchev–Trinajstić information content (AvgIpc) is 2.66. The zero-order valence-corrected chi connectivity index (χ0v) is 15.4. The molecule has 1 atom stereocenters. The third-order valence-corrected chi connectivity index (χ3v) is 4.41. The molecule has 1 aromatic rings. The Kier molecular flexibility index (Phi) is 6.32. The molecule has 0 saturated carbocycles. The highest BCUT2D eigenvalue weighted by Gasteiger charge is 2.26. The molecule has 1 N–H and O–H groups in total. The van der Waals surface area contributed by atoms with Crippen LogP contribution >= 0.6 is 0 Å². The van der Waals surface area contributed by atoms with E-state index in [9.17, 15) is 24.5 Å². The molecule has 2 rings (SSSR count). The molecule has 1 saturated heterocycles. The smallest absolute Gasteiger partial charge is 0.328 e. The third kappa shape index (κ3) is 4.72. The van der Waals surface area contributed by atoms with Crippen LogP contribution in [-0.4, -0.2) is 66.9 Å². The van der Waals surface area contributed by atoms with Crippen molar-refractivity contribution in [3.63, 3.8) is 0 Å². The Morgan fingerprint density at radius 1 is 1.22 bits per heavy atom. The van der Waals surface area contributed by atoms with Crippen molar-refractivity contribution in [1.82, 2.24) is 10.2 Å². The van der Waals surface area contributed by atoms with E-state index in [0.717, 1.165) is 0 Å². The molecular formula is C17H22N4O6. The SMILES string of the molecule is COC(=O)C(C)NC(=O)c1cc(N2CCN(C(C)=O)CC2)ccc1[N+](=O)[O-]. The lowest BCUT2D eigenvalue weighted by Gasteiger charge is -2.35. The molecule has 1 fully saturated rings. The van der Waals surface area contributed by atoms with Crippen molar-refractivity contribution in [2.75, 3.05) is 38.2 Å². The number of methoxy groups -OCH3 is 1. The molecule has 1 aromatic carbocycles. The summed E-state index contributed by atoms with van der Waals surface area (Å²) >= 11 is 0. The van der Waals surface area contributed by atoms with Gasteiger partial charge in [0.15, 0.2) is 0 Å². The predicted octanol–water partition coefficient (Wildman–Crippen LogP) is 0.555. The van der Waals surface area contributed by atoms with Crippen molar-refractivity contribution in [3.05, 3.63) is 33.9 Å². The first-order chi connectivity index (χ1) is 12.7. The van der Waals surface area contributed by atoms with Crippen molar-refractivity contribution >= 4 is 29.2 Å². The van der Waals surface area contributed by atoms with Gasteiger partial charge >= 0.3 is 5.97 Å². The lowest BCUT2D eigenvalue weighted by molar-refractivity contribution is -0.385. The number of amides is 2. The van der Waals surface area contributed by atoms with Gasteiger partial charge in [0.25, 0.3) is 11.6 Å². The van der Waals surface area contributed by atoms with E-state index in [-0.39, 0.29) is 17.2 Å². The van der Waals surface area contributed by atoms with Crippen molar-refractivity contribution in [2.45, 2.75) is 19.9 Å². The number of ether oxygens (including phenoxy) is 1. The van der Waals surface area contributed by atoms with Gasteiger partial charge in [0.2, 0.25) is 5.91 Å². The maximum Gasteiger partial charge on any atom is 0.328 e. The molecule has 0 aromatic heterocycles. The molecule has 1 aliphatic rings. The number of carbonyl (C=O) groups excluding carboxylic acids is 3. The van der Waals surface area contributed by atoms with Crippen LogP contribution < -0.4 is 10.2 Å². The fourth-order valence-electron chi connectivity index (χ4n) is 2.85. The van der Waals surface area contributed by atoms with Crippen LogP contribution in [0, 0.1) is 10.1 Å². The number of anilines is 1. The summed E-state index contributed by atoms with van der Waals surface area (Å²) in [6.07, 6.45) is 0. The molecule has 146 valence electrons. The molecule has 10 nitrogen and oxygen atoms in total. The van der Waals surface area contributed by atoms with Gasteiger partial charge in [0, 0.05) is 44.9 Å². The van der Waals surface area contributed by atoms with E-state index < -0.39 is 22.8 Å². The number of hydrogen-bond acceptors (Lipinski definition) is 7. The van der Waals surface area contributed by atoms with Crippen LogP contribution in [0.25, 0.3) is 0 Å². The molecule has 0 aliphatic carbocycles. The number of hydrogen-bond donors (Lipinski definition) is 1. The molecule has 0 radical (unpaired) electrons. The van der Waals surface area contributed by atoms with E-state index in [1.54, 1.807) is 11.0 Å². The molecule has 0 bridgehead atoms. The largest absolute Gasteiger partial charge is 0.467 e. The second-order valence-electron chi connectivity index (χ2n) is 6.17. The summed E-state index contributed by atoms with van der Waals surface area (Å²) < 4.78 is 4.55. The average molecular weight is 378 g/mol. The Bertz CT molecular complexity index is 758. The van der Waals surface area contributed by atoms with Crippen molar-refractivity contribution < 1.29 is 24.0 Å². The minimum atomic E-state index is -0.940. The number of rotatable bonds is 5. The highest BCUT2D eigenvalue weighted by molar-refractivity contribution is 6.01. The lowest BCUT2D eigenvalue weighted by atomic mass is 10.1. The Morgan fingerprint density at radius 3 is 2.37 bits per heavy atom. The van der Waals surface area contributed by atoms with Crippen molar-refractivity contribution in [3.8, 4) is 0 Å². The summed E-state index contributed by atoms with van der Waals surface area (Å²) in [6, 6.07) is 3.33. The molecule has 1 aliphatic heterocycles. The molecule has 0 spiro atoms. The van der Waals surface area contributed by atoms with E-state index >= 15 is 0 Å². The van der Waals surface area contributed by atoms with Gasteiger partial charge in [-0.3, -0.25) is 19.7 Å². The number of nitrogens with zero attached hydrogens (tertiary/aromatic N) is 3. The van der Waals surface area contributed by atoms with Crippen LogP contribution in [0.4, 0.5) is 11.4 Å². The summed E-state index contributed by atoms with van der Waals surface area (Å²) in [7, 11) is 1.19. The number of benzene rings is 1. The van der Waals surface area contributed by atoms with Crippen LogP contribution in [-0.2, 0) is 14.3 Å². The Hall–Kier alpha value is -3.17. The van der Waals surface area contributed by atoms with Crippen LogP contribution in [0.1, 0.15) is 24.2 Å². The summed E-state index contributed by atoms with van der Waals surface area (Å²) in [6.45, 7) is 5.11. The number of piperazine rings is 1. The van der Waals surface area contributed by atoms with Crippen LogP contribution in [0.3, 0.4) is 0 Å². The number of nitro groups is 1. The topological polar surface area (TPSA) is 122 Å². The van der Waals surface area contributed by atoms with E-state index in [0.29, 0.717) is 31.9 Å². The van der Waals surface area contributed by atoms with Crippen LogP contribution in [0.15, 0.2) is 18.2 Å². The first-order valence-corrected chi connectivity index (χ1v) is 8.42. The third-order valence-electron chi connectivity index (χ3n) is 4.41. The molecule has 1 heterocycles. The van der Waals surface area contributed by atoms with Gasteiger partial charge < -0.3 is 19.9 Å². The molecule has 10 heteroatoms. The fraction of sp³-hybridized carbons (Fsp3) is 0.471. The Labute approximate surface area is 156 Å². The van der Waals surface area contributed by atoms with Crippen LogP contribution in [0.2, 0.25) is 0 Å². The molecular weight excluding hydrogens is 356 g/mol. The number of nitro benzene ring substituents is 1. The van der Waals surface area contributed by atoms with E-state index in [4.69, 9.17) is 0 Å². The second kappa shape index (κ2) is 8.47. The highest BCUT2D eigenvalue weighted by Crippen LogP contribution is 2.26. The summed E-state index contributed by atoms with van der Waals surface area (Å²) in [5.41, 5.74) is 0.151. The Balaban J connectivity index is 2.24. The van der Waals surface area contributed by atoms with E-state index in [1.165, 1.54) is 33.1 Å². The molecule has 27 heavy (non-hydrogen) atoms. The molecule has 2 amide bonds. The number of esters is 1. The molecule has 1 unspecified atom stereocenters. The zero-order chi connectivity index (χ0) is 20.1. The standard InChI is InChI=1S/C17H22N4O6/c1-11(17(24)27-3)18-16(23)14-10-13(4-5-15(14)21(25)26)20-8-6-19(7-9-20)12(2)22/h4-5,10-11H,6-9H2,1-3H3,(H,18,23). The summed E-state index contributed by atoms with van der Waals surface area (Å²) in [4.78, 5) is 49.7. The maximum atomic E-state index is 12.5. The summed E-state index contributed by atoms with van der Waals surface area (Å²) in [5.74, 6) is -1.39. The predicted molar refractivity (Wildman–Crippen MR) is 96.5 cm³/mol. The van der Waals surface area contributed by atoms with E-state index in [2.05, 4.69) is 10.1 Å². The zero-order valence-electron chi connectivity index (χ0n) is 15.4. The second-order valence-corrected chi connectivity index (χ2v) is 6.17. The van der Waals surface area contributed by atoms with Gasteiger partial charge in [-0.15, -0.1) is 0 Å². The lowest BCUT2D eigenvalue weighted by Crippen LogP contribution is -2.48. The first kappa shape index (κ1) is 20.1. The van der Waals surface area contributed by atoms with Gasteiger partial charge in [-0.2, -0.15) is 0 Å². The van der Waals surface area contributed by atoms with Gasteiger partial charge in [-0.1, -0.05) is 0 Å². The normalized spacial score (nSPS) is 15.1. The maximum absolute atomic E-state index is 12.5. The van der Waals surface area contributed by atoms with Crippen molar-refractivity contribution in [2.24, 2.45) is 0 Å². The van der Waals surface area contributed by atoms with E-state index in [1.807, 2.05) is 4.90 Å². The monoisotopic (exact) mass is 378 g/mol.